The van der Waals surface area contributed by atoms with Gasteiger partial charge in [0, 0.05) is 29.4 Å². The molecule has 1 amide bonds. The molecule has 26 heavy (non-hydrogen) atoms. The Balaban J connectivity index is 2.16. The fourth-order valence-corrected chi connectivity index (χ4v) is 4.81. The summed E-state index contributed by atoms with van der Waals surface area (Å²) in [6, 6.07) is 5.98. The van der Waals surface area contributed by atoms with Crippen LogP contribution in [0.2, 0.25) is 0 Å². The summed E-state index contributed by atoms with van der Waals surface area (Å²) in [6.45, 7) is 6.10. The minimum absolute atomic E-state index is 0.0258. The minimum atomic E-state index is -0.335. The Hall–Kier alpha value is -2.21. The maximum atomic E-state index is 12.8. The van der Waals surface area contributed by atoms with E-state index < -0.39 is 0 Å². The first-order chi connectivity index (χ1) is 12.5. The van der Waals surface area contributed by atoms with Gasteiger partial charge in [0.1, 0.15) is 10.7 Å². The second-order valence-electron chi connectivity index (χ2n) is 5.81. The summed E-state index contributed by atoms with van der Waals surface area (Å²) in [5.41, 5.74) is -0.140. The van der Waals surface area contributed by atoms with Crippen molar-refractivity contribution in [2.24, 2.45) is 0 Å². The molecule has 0 saturated carbocycles. The summed E-state index contributed by atoms with van der Waals surface area (Å²) in [4.78, 5) is 29.3. The molecule has 2 aromatic rings. The van der Waals surface area contributed by atoms with Crippen molar-refractivity contribution in [1.82, 2.24) is 9.47 Å². The molecule has 0 atom stereocenters. The van der Waals surface area contributed by atoms with Crippen molar-refractivity contribution < 1.29 is 9.53 Å². The molecule has 6 nitrogen and oxygen atoms in total. The third-order valence-electron chi connectivity index (χ3n) is 4.10. The number of ether oxygens (including phenoxy) is 1. The summed E-state index contributed by atoms with van der Waals surface area (Å²) in [7, 11) is 0. The normalized spacial score (nSPS) is 16.5. The van der Waals surface area contributed by atoms with E-state index >= 15 is 0 Å². The number of amides is 1. The zero-order chi connectivity index (χ0) is 18.7. The van der Waals surface area contributed by atoms with Crippen LogP contribution in [0, 0.1) is 18.3 Å². The molecule has 0 bridgehead atoms. The van der Waals surface area contributed by atoms with E-state index in [0.717, 1.165) is 9.75 Å². The summed E-state index contributed by atoms with van der Waals surface area (Å²) < 4.78 is 7.73. The van der Waals surface area contributed by atoms with Gasteiger partial charge in [-0.15, -0.1) is 22.7 Å². The first kappa shape index (κ1) is 18.6. The molecule has 1 saturated heterocycles. The van der Waals surface area contributed by atoms with Gasteiger partial charge in [-0.2, -0.15) is 5.26 Å². The number of rotatable bonds is 3. The van der Waals surface area contributed by atoms with Gasteiger partial charge in [0.25, 0.3) is 11.5 Å². The van der Waals surface area contributed by atoms with E-state index in [1.807, 2.05) is 38.1 Å². The Kier molecular flexibility index (Phi) is 5.71. The highest BCUT2D eigenvalue weighted by atomic mass is 32.1. The lowest BCUT2D eigenvalue weighted by Crippen LogP contribution is -2.42. The lowest BCUT2D eigenvalue weighted by molar-refractivity contribution is -0.128. The molecule has 0 aliphatic carbocycles. The number of aryl methyl sites for hydroxylation is 1. The Morgan fingerprint density at radius 3 is 2.65 bits per heavy atom. The number of hydrogen-bond donors (Lipinski definition) is 0. The topological polar surface area (TPSA) is 75.3 Å². The molecule has 0 radical (unpaired) electrons. The van der Waals surface area contributed by atoms with Gasteiger partial charge in [-0.25, -0.2) is 0 Å². The average Bonchev–Trinajstić information content (AvgIpc) is 3.20. The number of hydrogen-bond acceptors (Lipinski definition) is 6. The van der Waals surface area contributed by atoms with Gasteiger partial charge < -0.3 is 9.64 Å². The minimum Gasteiger partial charge on any atom is -0.378 e. The molecule has 0 spiro atoms. The summed E-state index contributed by atoms with van der Waals surface area (Å²) in [5, 5.41) is 9.61. The highest BCUT2D eigenvalue weighted by molar-refractivity contribution is 7.13. The number of thiazole rings is 1. The van der Waals surface area contributed by atoms with Crippen molar-refractivity contribution in [3.05, 3.63) is 41.4 Å². The van der Waals surface area contributed by atoms with E-state index in [2.05, 4.69) is 0 Å². The number of morpholine rings is 1. The van der Waals surface area contributed by atoms with Crippen molar-refractivity contribution >= 4 is 40.2 Å². The molecular formula is C18H19N3O3S2. The Bertz CT molecular complexity index is 1030. The smallest absolute Gasteiger partial charge is 0.269 e. The molecule has 2 aromatic heterocycles. The second kappa shape index (κ2) is 7.99. The number of nitriles is 1. The van der Waals surface area contributed by atoms with Crippen LogP contribution in [0.5, 0.6) is 0 Å². The SMILES string of the molecule is CCn1c(=C(C#N)C(=O)N2CCOCC2)sc(=Cc2ccc(C)s2)c1=O. The van der Waals surface area contributed by atoms with Crippen LogP contribution in [0.4, 0.5) is 0 Å². The van der Waals surface area contributed by atoms with E-state index in [4.69, 9.17) is 4.74 Å². The molecule has 0 aromatic carbocycles. The lowest BCUT2D eigenvalue weighted by Gasteiger charge is -2.26. The highest BCUT2D eigenvalue weighted by Crippen LogP contribution is 2.15. The van der Waals surface area contributed by atoms with Crippen LogP contribution in [-0.2, 0) is 16.1 Å². The Labute approximate surface area is 158 Å². The molecule has 136 valence electrons. The van der Waals surface area contributed by atoms with Crippen molar-refractivity contribution in [2.45, 2.75) is 20.4 Å². The zero-order valence-electron chi connectivity index (χ0n) is 14.7. The van der Waals surface area contributed by atoms with Crippen LogP contribution in [-0.4, -0.2) is 41.7 Å². The number of carbonyl (C=O) groups is 1. The number of aromatic nitrogens is 1. The van der Waals surface area contributed by atoms with Gasteiger partial charge in [0.2, 0.25) is 0 Å². The predicted octanol–water partition coefficient (Wildman–Crippen LogP) is 0.662. The zero-order valence-corrected chi connectivity index (χ0v) is 16.3. The summed E-state index contributed by atoms with van der Waals surface area (Å²) in [6.07, 6.45) is 1.83. The second-order valence-corrected chi connectivity index (χ2v) is 8.16. The first-order valence-electron chi connectivity index (χ1n) is 8.34. The van der Waals surface area contributed by atoms with Crippen molar-refractivity contribution in [2.75, 3.05) is 26.3 Å². The van der Waals surface area contributed by atoms with Gasteiger partial charge in [-0.05, 0) is 32.1 Å². The fraction of sp³-hybridized carbons (Fsp3) is 0.389. The van der Waals surface area contributed by atoms with Crippen LogP contribution in [0.25, 0.3) is 11.6 Å². The standard InChI is InChI=1S/C18H19N3O3S2/c1-3-21-17(23)15(10-13-5-4-12(2)25-13)26-18(21)14(11-19)16(22)20-6-8-24-9-7-20/h4-5,10H,3,6-9H2,1-2H3. The largest absolute Gasteiger partial charge is 0.378 e. The quantitative estimate of drug-likeness (QED) is 0.773. The van der Waals surface area contributed by atoms with Gasteiger partial charge in [0.05, 0.1) is 17.7 Å². The first-order valence-corrected chi connectivity index (χ1v) is 9.97. The van der Waals surface area contributed by atoms with Gasteiger partial charge in [0.15, 0.2) is 5.57 Å². The van der Waals surface area contributed by atoms with E-state index in [1.165, 1.54) is 15.9 Å². The van der Waals surface area contributed by atoms with Gasteiger partial charge >= 0.3 is 0 Å². The van der Waals surface area contributed by atoms with Crippen molar-refractivity contribution in [3.63, 3.8) is 0 Å². The lowest BCUT2D eigenvalue weighted by atomic mass is 10.2. The van der Waals surface area contributed by atoms with Gasteiger partial charge in [-0.3, -0.25) is 14.2 Å². The van der Waals surface area contributed by atoms with E-state index in [9.17, 15) is 14.9 Å². The fourth-order valence-electron chi connectivity index (χ4n) is 2.76. The van der Waals surface area contributed by atoms with E-state index in [-0.39, 0.29) is 17.0 Å². The average molecular weight is 390 g/mol. The Morgan fingerprint density at radius 1 is 1.35 bits per heavy atom. The molecule has 1 aliphatic heterocycles. The number of carbonyl (C=O) groups excluding carboxylic acids is 1. The Morgan fingerprint density at radius 2 is 2.08 bits per heavy atom. The third kappa shape index (κ3) is 3.65. The third-order valence-corrected chi connectivity index (χ3v) is 6.17. The monoisotopic (exact) mass is 389 g/mol. The van der Waals surface area contributed by atoms with Crippen LogP contribution in [0.3, 0.4) is 0 Å². The molecule has 1 fully saturated rings. The van der Waals surface area contributed by atoms with E-state index in [0.29, 0.717) is 42.0 Å². The van der Waals surface area contributed by atoms with Crippen LogP contribution in [0.1, 0.15) is 16.7 Å². The van der Waals surface area contributed by atoms with Crippen LogP contribution >= 0.6 is 22.7 Å². The summed E-state index contributed by atoms with van der Waals surface area (Å²) in [5.74, 6) is -0.335. The van der Waals surface area contributed by atoms with E-state index in [1.54, 1.807) is 16.2 Å². The molecule has 1 aliphatic rings. The molecule has 3 heterocycles. The highest BCUT2D eigenvalue weighted by Gasteiger charge is 2.23. The summed E-state index contributed by atoms with van der Waals surface area (Å²) >= 11 is 2.80. The number of thiophene rings is 1. The predicted molar refractivity (Wildman–Crippen MR) is 103 cm³/mol. The molecule has 0 N–H and O–H groups in total. The number of nitrogens with zero attached hydrogens (tertiary/aromatic N) is 3. The van der Waals surface area contributed by atoms with Gasteiger partial charge in [-0.1, -0.05) is 0 Å². The molecule has 0 unspecified atom stereocenters. The maximum absolute atomic E-state index is 12.8. The van der Waals surface area contributed by atoms with Crippen molar-refractivity contribution in [3.8, 4) is 6.07 Å². The molecule has 3 rings (SSSR count). The molecular weight excluding hydrogens is 370 g/mol. The van der Waals surface area contributed by atoms with Crippen LogP contribution < -0.4 is 14.8 Å². The van der Waals surface area contributed by atoms with Crippen LogP contribution in [0.15, 0.2) is 16.9 Å². The molecule has 8 heteroatoms. The maximum Gasteiger partial charge on any atom is 0.269 e. The van der Waals surface area contributed by atoms with Crippen molar-refractivity contribution in [1.29, 1.82) is 5.26 Å².